The summed E-state index contributed by atoms with van der Waals surface area (Å²) in [6, 6.07) is 4.75. The van der Waals surface area contributed by atoms with Gasteiger partial charge in [0, 0.05) is 37.5 Å². The van der Waals surface area contributed by atoms with Gasteiger partial charge in [0.05, 0.1) is 30.0 Å². The predicted molar refractivity (Wildman–Crippen MR) is 77.6 cm³/mol. The summed E-state index contributed by atoms with van der Waals surface area (Å²) in [5, 5.41) is 26.9. The normalized spacial score (nSPS) is 10.4. The number of hydrogen-bond acceptors (Lipinski definition) is 6. The molecular formula is C13H16N4O4. The second-order valence-electron chi connectivity index (χ2n) is 4.41. The van der Waals surface area contributed by atoms with Gasteiger partial charge in [0.2, 0.25) is 0 Å². The third-order valence-electron chi connectivity index (χ3n) is 3.13. The van der Waals surface area contributed by atoms with E-state index in [1.807, 2.05) is 0 Å². The molecule has 21 heavy (non-hydrogen) atoms. The lowest BCUT2D eigenvalue weighted by Crippen LogP contribution is -2.22. The summed E-state index contributed by atoms with van der Waals surface area (Å²) in [5.74, 6) is 0.169. The van der Waals surface area contributed by atoms with E-state index in [-0.39, 0.29) is 18.0 Å². The Morgan fingerprint density at radius 1 is 1.52 bits per heavy atom. The van der Waals surface area contributed by atoms with Gasteiger partial charge >= 0.3 is 5.69 Å². The number of likely N-dealkylation sites (N-methyl/N-ethyl adjacent to an activating group) is 1. The summed E-state index contributed by atoms with van der Waals surface area (Å²) < 4.78 is 5.09. The van der Waals surface area contributed by atoms with Crippen LogP contribution < -0.4 is 9.64 Å². The first-order valence-corrected chi connectivity index (χ1v) is 6.26. The first kappa shape index (κ1) is 14.8. The molecule has 8 nitrogen and oxygen atoms in total. The molecular weight excluding hydrogens is 276 g/mol. The molecule has 0 saturated carbocycles. The molecule has 0 atom stereocenters. The second kappa shape index (κ2) is 6.23. The van der Waals surface area contributed by atoms with Gasteiger partial charge in [-0.2, -0.15) is 5.10 Å². The molecule has 0 aliphatic rings. The van der Waals surface area contributed by atoms with Crippen molar-refractivity contribution < 1.29 is 14.8 Å². The molecule has 8 heteroatoms. The molecule has 2 rings (SSSR count). The molecule has 2 aromatic rings. The molecule has 1 aromatic carbocycles. The van der Waals surface area contributed by atoms with Crippen molar-refractivity contribution in [1.82, 2.24) is 10.2 Å². The van der Waals surface area contributed by atoms with Crippen molar-refractivity contribution in [3.8, 4) is 17.0 Å². The van der Waals surface area contributed by atoms with Crippen molar-refractivity contribution >= 4 is 11.4 Å². The van der Waals surface area contributed by atoms with Crippen LogP contribution in [0.4, 0.5) is 11.4 Å². The molecule has 0 spiro atoms. The Balaban J connectivity index is 2.63. The van der Waals surface area contributed by atoms with Gasteiger partial charge in [0.15, 0.2) is 5.75 Å². The summed E-state index contributed by atoms with van der Waals surface area (Å²) in [4.78, 5) is 12.5. The summed E-state index contributed by atoms with van der Waals surface area (Å²) >= 11 is 0. The van der Waals surface area contributed by atoms with Gasteiger partial charge < -0.3 is 14.7 Å². The molecule has 0 aliphatic heterocycles. The number of benzene rings is 1. The predicted octanol–water partition coefficient (Wildman–Crippen LogP) is 1.42. The van der Waals surface area contributed by atoms with Crippen LogP contribution >= 0.6 is 0 Å². The lowest BCUT2D eigenvalue weighted by atomic mass is 10.1. The minimum Gasteiger partial charge on any atom is -0.490 e. The number of hydrogen-bond donors (Lipinski definition) is 2. The van der Waals surface area contributed by atoms with Crippen molar-refractivity contribution in [1.29, 1.82) is 0 Å². The minimum absolute atomic E-state index is 0.0295. The monoisotopic (exact) mass is 292 g/mol. The Bertz CT molecular complexity index is 627. The highest BCUT2D eigenvalue weighted by molar-refractivity contribution is 5.81. The Labute approximate surface area is 121 Å². The van der Waals surface area contributed by atoms with Crippen LogP contribution in [0.2, 0.25) is 0 Å². The van der Waals surface area contributed by atoms with Gasteiger partial charge in [-0.05, 0) is 6.07 Å². The standard InChI is InChI=1S/C13H16N4O4/c1-16(5-6-18)11-8-13(21-2)12(17(19)20)7-9(11)10-3-4-14-15-10/h3-4,7-8,18H,5-6H2,1-2H3,(H,14,15). The third kappa shape index (κ3) is 2.95. The number of ether oxygens (including phenoxy) is 1. The molecule has 0 unspecified atom stereocenters. The number of anilines is 1. The quantitative estimate of drug-likeness (QED) is 0.616. The zero-order chi connectivity index (χ0) is 15.4. The third-order valence-corrected chi connectivity index (χ3v) is 3.13. The summed E-state index contributed by atoms with van der Waals surface area (Å²) in [5.41, 5.74) is 1.86. The van der Waals surface area contributed by atoms with Gasteiger partial charge in [-0.3, -0.25) is 15.2 Å². The first-order valence-electron chi connectivity index (χ1n) is 6.26. The highest BCUT2D eigenvalue weighted by Crippen LogP contribution is 2.39. The van der Waals surface area contributed by atoms with E-state index < -0.39 is 4.92 Å². The van der Waals surface area contributed by atoms with Crippen LogP contribution in [0.15, 0.2) is 24.4 Å². The smallest absolute Gasteiger partial charge is 0.311 e. The molecule has 0 amide bonds. The van der Waals surface area contributed by atoms with Crippen molar-refractivity contribution in [3.63, 3.8) is 0 Å². The van der Waals surface area contributed by atoms with Crippen LogP contribution in [0, 0.1) is 10.1 Å². The topological polar surface area (TPSA) is 105 Å². The molecule has 1 aromatic heterocycles. The number of methoxy groups -OCH3 is 1. The lowest BCUT2D eigenvalue weighted by molar-refractivity contribution is -0.385. The van der Waals surface area contributed by atoms with Crippen molar-refractivity contribution in [2.45, 2.75) is 0 Å². The number of H-pyrrole nitrogens is 1. The van der Waals surface area contributed by atoms with Crippen LogP contribution in [-0.2, 0) is 0 Å². The van der Waals surface area contributed by atoms with Crippen LogP contribution in [-0.4, -0.2) is 47.5 Å². The maximum atomic E-state index is 11.2. The number of nitrogens with one attached hydrogen (secondary N) is 1. The van der Waals surface area contributed by atoms with E-state index in [2.05, 4.69) is 10.2 Å². The maximum Gasteiger partial charge on any atom is 0.311 e. The molecule has 0 aliphatic carbocycles. The molecule has 112 valence electrons. The molecule has 1 heterocycles. The van der Waals surface area contributed by atoms with E-state index in [1.165, 1.54) is 13.2 Å². The Hall–Kier alpha value is -2.61. The maximum absolute atomic E-state index is 11.2. The second-order valence-corrected chi connectivity index (χ2v) is 4.41. The van der Waals surface area contributed by atoms with E-state index in [1.54, 1.807) is 30.3 Å². The first-order chi connectivity index (χ1) is 10.1. The minimum atomic E-state index is -0.492. The Morgan fingerprint density at radius 3 is 2.81 bits per heavy atom. The van der Waals surface area contributed by atoms with Crippen LogP contribution in [0.1, 0.15) is 0 Å². The van der Waals surface area contributed by atoms with E-state index in [0.29, 0.717) is 23.5 Å². The fourth-order valence-corrected chi connectivity index (χ4v) is 2.07. The van der Waals surface area contributed by atoms with Crippen molar-refractivity contribution in [2.24, 2.45) is 0 Å². The molecule has 0 saturated heterocycles. The summed E-state index contributed by atoms with van der Waals surface area (Å²) in [7, 11) is 3.17. The van der Waals surface area contributed by atoms with Gasteiger partial charge in [-0.1, -0.05) is 0 Å². The molecule has 0 radical (unpaired) electrons. The van der Waals surface area contributed by atoms with Gasteiger partial charge in [0.25, 0.3) is 0 Å². The van der Waals surface area contributed by atoms with Crippen LogP contribution in [0.25, 0.3) is 11.3 Å². The molecule has 2 N–H and O–H groups in total. The number of aromatic amines is 1. The molecule has 0 fully saturated rings. The van der Waals surface area contributed by atoms with Gasteiger partial charge in [-0.25, -0.2) is 0 Å². The zero-order valence-corrected chi connectivity index (χ0v) is 11.7. The Kier molecular flexibility index (Phi) is 4.39. The summed E-state index contributed by atoms with van der Waals surface area (Å²) in [6.07, 6.45) is 1.57. The fraction of sp³-hybridized carbons (Fsp3) is 0.308. The molecule has 0 bridgehead atoms. The SMILES string of the molecule is COc1cc(N(C)CCO)c(-c2ccn[nH]2)cc1[N+](=O)[O-]. The van der Waals surface area contributed by atoms with E-state index >= 15 is 0 Å². The highest BCUT2D eigenvalue weighted by atomic mass is 16.6. The fourth-order valence-electron chi connectivity index (χ4n) is 2.07. The number of aliphatic hydroxyl groups is 1. The van der Waals surface area contributed by atoms with Crippen molar-refractivity contribution in [3.05, 3.63) is 34.5 Å². The van der Waals surface area contributed by atoms with Crippen LogP contribution in [0.5, 0.6) is 5.75 Å². The largest absolute Gasteiger partial charge is 0.490 e. The number of nitro benzene ring substituents is 1. The number of nitro groups is 1. The lowest BCUT2D eigenvalue weighted by Gasteiger charge is -2.21. The Morgan fingerprint density at radius 2 is 2.29 bits per heavy atom. The average Bonchev–Trinajstić information content (AvgIpc) is 3.00. The van der Waals surface area contributed by atoms with E-state index in [4.69, 9.17) is 9.84 Å². The van der Waals surface area contributed by atoms with Crippen LogP contribution in [0.3, 0.4) is 0 Å². The average molecular weight is 292 g/mol. The van der Waals surface area contributed by atoms with Gasteiger partial charge in [-0.15, -0.1) is 0 Å². The van der Waals surface area contributed by atoms with Crippen molar-refractivity contribution in [2.75, 3.05) is 32.2 Å². The van der Waals surface area contributed by atoms with E-state index in [9.17, 15) is 10.1 Å². The number of nitrogens with zero attached hydrogens (tertiary/aromatic N) is 3. The number of rotatable bonds is 6. The highest BCUT2D eigenvalue weighted by Gasteiger charge is 2.22. The van der Waals surface area contributed by atoms with E-state index in [0.717, 1.165) is 0 Å². The zero-order valence-electron chi connectivity index (χ0n) is 11.7. The number of aromatic nitrogens is 2. The number of aliphatic hydroxyl groups excluding tert-OH is 1. The van der Waals surface area contributed by atoms with Gasteiger partial charge in [0.1, 0.15) is 0 Å². The summed E-state index contributed by atoms with van der Waals surface area (Å²) in [6.45, 7) is 0.361.